The van der Waals surface area contributed by atoms with Crippen LogP contribution in [0.4, 0.5) is 0 Å². The van der Waals surface area contributed by atoms with Crippen LogP contribution in [0.1, 0.15) is 45.2 Å². The summed E-state index contributed by atoms with van der Waals surface area (Å²) >= 11 is 0. The van der Waals surface area contributed by atoms with Gasteiger partial charge < -0.3 is 5.11 Å². The lowest BCUT2D eigenvalue weighted by Crippen LogP contribution is -2.33. The Bertz CT molecular complexity index is 454. The number of rotatable bonds is 6. The minimum Gasteiger partial charge on any atom is -0.395 e. The third-order valence-electron chi connectivity index (χ3n) is 3.18. The van der Waals surface area contributed by atoms with Crippen LogP contribution in [0, 0.1) is 17.8 Å². The van der Waals surface area contributed by atoms with Gasteiger partial charge in [-0.1, -0.05) is 43.9 Å². The molecule has 110 valence electrons. The molecular weight excluding hydrogens is 246 g/mol. The van der Waals surface area contributed by atoms with Gasteiger partial charge in [-0.05, 0) is 31.4 Å². The zero-order valence-electron chi connectivity index (χ0n) is 13.2. The summed E-state index contributed by atoms with van der Waals surface area (Å²) in [7, 11) is 0. The van der Waals surface area contributed by atoms with Crippen molar-refractivity contribution in [3.05, 3.63) is 35.4 Å². The van der Waals surface area contributed by atoms with Crippen LogP contribution in [0.15, 0.2) is 24.3 Å². The molecule has 0 amide bonds. The van der Waals surface area contributed by atoms with Gasteiger partial charge in [0.05, 0.1) is 6.61 Å². The first-order chi connectivity index (χ1) is 9.54. The molecule has 0 fully saturated rings. The topological polar surface area (TPSA) is 23.5 Å². The highest BCUT2D eigenvalue weighted by atomic mass is 16.2. The maximum Gasteiger partial charge on any atom is 0.0540 e. The normalized spacial score (nSPS) is 11.0. The molecule has 0 bridgehead atoms. The van der Waals surface area contributed by atoms with Crippen molar-refractivity contribution in [2.45, 2.75) is 46.7 Å². The molecule has 20 heavy (non-hydrogen) atoms. The predicted octanol–water partition coefficient (Wildman–Crippen LogP) is 3.29. The molecule has 0 spiro atoms. The molecule has 2 heteroatoms. The smallest absolute Gasteiger partial charge is 0.0540 e. The van der Waals surface area contributed by atoms with Crippen LogP contribution >= 0.6 is 0 Å². The monoisotopic (exact) mass is 273 g/mol. The zero-order chi connectivity index (χ0) is 15.0. The number of aliphatic hydroxyl groups is 1. The molecule has 0 saturated carbocycles. The lowest BCUT2D eigenvalue weighted by Gasteiger charge is -2.28. The zero-order valence-corrected chi connectivity index (χ0v) is 13.2. The number of benzene rings is 1. The highest BCUT2D eigenvalue weighted by molar-refractivity contribution is 5.41. The predicted molar refractivity (Wildman–Crippen MR) is 85.4 cm³/mol. The molecule has 0 aliphatic heterocycles. The maximum atomic E-state index is 8.82. The highest BCUT2D eigenvalue weighted by Crippen LogP contribution is 2.14. The van der Waals surface area contributed by atoms with E-state index >= 15 is 0 Å². The fourth-order valence-electron chi connectivity index (χ4n) is 2.14. The number of nitrogens with zero attached hydrogens (tertiary/aromatic N) is 1. The van der Waals surface area contributed by atoms with E-state index in [1.807, 2.05) is 6.07 Å². The average molecular weight is 273 g/mol. The summed E-state index contributed by atoms with van der Waals surface area (Å²) in [5, 5.41) is 8.82. The third kappa shape index (κ3) is 5.77. The van der Waals surface area contributed by atoms with Gasteiger partial charge in [0.1, 0.15) is 0 Å². The molecule has 0 radical (unpaired) electrons. The molecule has 1 rings (SSSR count). The maximum absolute atomic E-state index is 8.82. The van der Waals surface area contributed by atoms with Crippen LogP contribution in [0.2, 0.25) is 0 Å². The highest BCUT2D eigenvalue weighted by Gasteiger charge is 2.13. The largest absolute Gasteiger partial charge is 0.395 e. The Hall–Kier alpha value is -1.30. The van der Waals surface area contributed by atoms with Crippen LogP contribution in [0.25, 0.3) is 0 Å². The molecule has 0 aromatic heterocycles. The Morgan fingerprint density at radius 3 is 2.45 bits per heavy atom. The molecule has 0 unspecified atom stereocenters. The van der Waals surface area contributed by atoms with Crippen LogP contribution in [0.5, 0.6) is 0 Å². The van der Waals surface area contributed by atoms with Crippen LogP contribution in [-0.4, -0.2) is 29.2 Å². The molecule has 0 atom stereocenters. The minimum atomic E-state index is 0.126. The summed E-state index contributed by atoms with van der Waals surface area (Å²) in [6.07, 6.45) is 0.536. The van der Waals surface area contributed by atoms with Crippen molar-refractivity contribution in [1.82, 2.24) is 4.90 Å². The van der Waals surface area contributed by atoms with E-state index in [0.717, 1.165) is 18.7 Å². The molecule has 0 aliphatic carbocycles. The SMILES string of the molecule is CC(C)CN(Cc1ccccc1C#CCCO)C(C)C. The second kappa shape index (κ2) is 8.79. The van der Waals surface area contributed by atoms with Crippen molar-refractivity contribution in [2.75, 3.05) is 13.2 Å². The lowest BCUT2D eigenvalue weighted by atomic mass is 10.1. The van der Waals surface area contributed by atoms with Gasteiger partial charge in [0, 0.05) is 31.1 Å². The van der Waals surface area contributed by atoms with Crippen molar-refractivity contribution in [3.63, 3.8) is 0 Å². The van der Waals surface area contributed by atoms with Gasteiger partial charge in [0.15, 0.2) is 0 Å². The molecule has 2 nitrogen and oxygen atoms in total. The Kier molecular flexibility index (Phi) is 7.36. The summed E-state index contributed by atoms with van der Waals surface area (Å²) in [5.74, 6) is 6.85. The molecule has 1 N–H and O–H groups in total. The van der Waals surface area contributed by atoms with Crippen molar-refractivity contribution >= 4 is 0 Å². The average Bonchev–Trinajstić information content (AvgIpc) is 2.39. The molecule has 0 aliphatic rings. The summed E-state index contributed by atoms with van der Waals surface area (Å²) in [6.45, 7) is 11.1. The number of hydrogen-bond acceptors (Lipinski definition) is 2. The van der Waals surface area contributed by atoms with Crippen LogP contribution in [-0.2, 0) is 6.54 Å². The van der Waals surface area contributed by atoms with E-state index in [2.05, 4.69) is 62.6 Å². The Morgan fingerprint density at radius 2 is 1.85 bits per heavy atom. The van der Waals surface area contributed by atoms with Gasteiger partial charge in [-0.15, -0.1) is 0 Å². The molecule has 1 aromatic carbocycles. The van der Waals surface area contributed by atoms with E-state index in [0.29, 0.717) is 18.4 Å². The van der Waals surface area contributed by atoms with E-state index in [1.54, 1.807) is 0 Å². The van der Waals surface area contributed by atoms with Crippen LogP contribution < -0.4 is 0 Å². The van der Waals surface area contributed by atoms with E-state index in [1.165, 1.54) is 5.56 Å². The first-order valence-corrected chi connectivity index (χ1v) is 7.46. The van der Waals surface area contributed by atoms with Crippen molar-refractivity contribution < 1.29 is 5.11 Å². The molecular formula is C18H27NO. The fourth-order valence-corrected chi connectivity index (χ4v) is 2.14. The summed E-state index contributed by atoms with van der Waals surface area (Å²) in [6, 6.07) is 8.83. The van der Waals surface area contributed by atoms with E-state index in [9.17, 15) is 0 Å². The molecule has 0 saturated heterocycles. The van der Waals surface area contributed by atoms with Gasteiger partial charge >= 0.3 is 0 Å². The van der Waals surface area contributed by atoms with Gasteiger partial charge in [-0.2, -0.15) is 0 Å². The van der Waals surface area contributed by atoms with Crippen LogP contribution in [0.3, 0.4) is 0 Å². The van der Waals surface area contributed by atoms with Crippen molar-refractivity contribution in [1.29, 1.82) is 0 Å². The summed E-state index contributed by atoms with van der Waals surface area (Å²) in [5.41, 5.74) is 2.35. The van der Waals surface area contributed by atoms with Gasteiger partial charge in [-0.25, -0.2) is 0 Å². The second-order valence-electron chi connectivity index (χ2n) is 5.85. The summed E-state index contributed by atoms with van der Waals surface area (Å²) < 4.78 is 0. The Balaban J connectivity index is 2.87. The van der Waals surface area contributed by atoms with Crippen molar-refractivity contribution in [2.24, 2.45) is 5.92 Å². The van der Waals surface area contributed by atoms with Gasteiger partial charge in [-0.3, -0.25) is 4.90 Å². The number of hydrogen-bond donors (Lipinski definition) is 1. The second-order valence-corrected chi connectivity index (χ2v) is 5.85. The fraction of sp³-hybridized carbons (Fsp3) is 0.556. The van der Waals surface area contributed by atoms with Crippen molar-refractivity contribution in [3.8, 4) is 11.8 Å². The Morgan fingerprint density at radius 1 is 1.15 bits per heavy atom. The molecule has 1 aromatic rings. The van der Waals surface area contributed by atoms with Gasteiger partial charge in [0.2, 0.25) is 0 Å². The standard InChI is InChI=1S/C18H27NO/c1-15(2)13-19(16(3)4)14-18-11-6-5-9-17(18)10-7-8-12-20/h5-6,9,11,15-16,20H,8,12-14H2,1-4H3. The number of aliphatic hydroxyl groups excluding tert-OH is 1. The van der Waals surface area contributed by atoms with E-state index < -0.39 is 0 Å². The first-order valence-electron chi connectivity index (χ1n) is 7.46. The van der Waals surface area contributed by atoms with E-state index in [4.69, 9.17) is 5.11 Å². The lowest BCUT2D eigenvalue weighted by molar-refractivity contribution is 0.189. The quantitative estimate of drug-likeness (QED) is 0.804. The Labute approximate surface area is 123 Å². The first kappa shape index (κ1) is 16.8. The summed E-state index contributed by atoms with van der Waals surface area (Å²) in [4.78, 5) is 2.48. The molecule has 0 heterocycles. The third-order valence-corrected chi connectivity index (χ3v) is 3.18. The van der Waals surface area contributed by atoms with Gasteiger partial charge in [0.25, 0.3) is 0 Å². The minimum absolute atomic E-state index is 0.126. The van der Waals surface area contributed by atoms with E-state index in [-0.39, 0.29) is 6.61 Å².